The number of hydrogen-bond donors (Lipinski definition) is 1. The fourth-order valence-electron chi connectivity index (χ4n) is 5.47. The summed E-state index contributed by atoms with van der Waals surface area (Å²) in [5, 5.41) is 0. The number of rotatable bonds is 0. The second kappa shape index (κ2) is 5.57. The van der Waals surface area contributed by atoms with Crippen LogP contribution in [0.1, 0.15) is 44.9 Å². The molecule has 4 saturated heterocycles. The van der Waals surface area contributed by atoms with E-state index in [-0.39, 0.29) is 24.0 Å². The molecular weight excluding hydrogens is 335 g/mol. The Bertz CT molecular complexity index is 268. The van der Waals surface area contributed by atoms with Gasteiger partial charge >= 0.3 is 0 Å². The molecule has 0 spiro atoms. The van der Waals surface area contributed by atoms with Crippen molar-refractivity contribution in [1.29, 1.82) is 0 Å². The monoisotopic (exact) mass is 362 g/mol. The van der Waals surface area contributed by atoms with Crippen molar-refractivity contribution in [2.24, 2.45) is 11.8 Å². The second-order valence-electron chi connectivity index (χ2n) is 7.03. The maximum absolute atomic E-state index is 2.88. The summed E-state index contributed by atoms with van der Waals surface area (Å²) in [6.07, 6.45) is 10.6. The van der Waals surface area contributed by atoms with Crippen molar-refractivity contribution < 1.29 is 28.9 Å². The van der Waals surface area contributed by atoms with Crippen molar-refractivity contribution in [3.05, 3.63) is 0 Å². The van der Waals surface area contributed by atoms with Gasteiger partial charge < -0.3 is 28.9 Å². The molecule has 2 bridgehead atoms. The average molecular weight is 362 g/mol. The fourth-order valence-corrected chi connectivity index (χ4v) is 5.47. The van der Waals surface area contributed by atoms with Crippen LogP contribution in [0.25, 0.3) is 0 Å². The van der Waals surface area contributed by atoms with Gasteiger partial charge in [0.05, 0.1) is 19.1 Å². The van der Waals surface area contributed by atoms with E-state index in [0.717, 1.165) is 23.9 Å². The first-order valence-electron chi connectivity index (χ1n) is 8.00. The first-order chi connectivity index (χ1) is 8.42. The predicted octanol–water partition coefficient (Wildman–Crippen LogP) is -2.07. The molecular formula is C15H27IN2. The highest BCUT2D eigenvalue weighted by Crippen LogP contribution is 2.37. The lowest BCUT2D eigenvalue weighted by atomic mass is 9.71. The Morgan fingerprint density at radius 2 is 1.83 bits per heavy atom. The van der Waals surface area contributed by atoms with Gasteiger partial charge in [0.1, 0.15) is 0 Å². The van der Waals surface area contributed by atoms with E-state index < -0.39 is 0 Å². The van der Waals surface area contributed by atoms with Crippen molar-refractivity contribution in [1.82, 2.24) is 4.90 Å². The van der Waals surface area contributed by atoms with Crippen molar-refractivity contribution >= 4 is 0 Å². The van der Waals surface area contributed by atoms with Gasteiger partial charge in [-0.05, 0) is 45.1 Å². The Hall–Kier alpha value is 0.650. The van der Waals surface area contributed by atoms with Crippen molar-refractivity contribution in [3.63, 3.8) is 0 Å². The minimum atomic E-state index is 0. The lowest BCUT2D eigenvalue weighted by Gasteiger charge is -2.54. The smallest absolute Gasteiger partial charge is 0.0915 e. The van der Waals surface area contributed by atoms with Gasteiger partial charge in [-0.25, -0.2) is 0 Å². The molecule has 4 aliphatic heterocycles. The Balaban J connectivity index is 0.000001000. The molecule has 2 nitrogen and oxygen atoms in total. The van der Waals surface area contributed by atoms with Crippen molar-refractivity contribution in [2.75, 3.05) is 26.2 Å². The SMILES string of the molecule is C1CCN2CC3CC(C[NH+]4CCCCC34)C2C1.[I-]. The fraction of sp³-hybridized carbons (Fsp3) is 1.00. The van der Waals surface area contributed by atoms with E-state index in [1.165, 1.54) is 64.7 Å². The largest absolute Gasteiger partial charge is 1.00 e. The predicted molar refractivity (Wildman–Crippen MR) is 69.1 cm³/mol. The Morgan fingerprint density at radius 1 is 0.944 bits per heavy atom. The number of halogens is 1. The first-order valence-corrected chi connectivity index (χ1v) is 8.00. The quantitative estimate of drug-likeness (QED) is 0.487. The maximum atomic E-state index is 2.88. The standard InChI is InChI=1S/C15H26N2.HI/c1-3-7-16-11-13-9-12(14(16)5-1)10-17-8-4-2-6-15(13)17;/h12-15H,1-11H2;1H. The molecule has 0 amide bonds. The van der Waals surface area contributed by atoms with Crippen LogP contribution in [0, 0.1) is 11.8 Å². The van der Waals surface area contributed by atoms with Gasteiger partial charge in [0, 0.05) is 24.4 Å². The molecule has 18 heavy (non-hydrogen) atoms. The van der Waals surface area contributed by atoms with Crippen LogP contribution in [-0.4, -0.2) is 43.2 Å². The zero-order valence-corrected chi connectivity index (χ0v) is 13.6. The van der Waals surface area contributed by atoms with E-state index >= 15 is 0 Å². The van der Waals surface area contributed by atoms with Crippen LogP contribution in [0.5, 0.6) is 0 Å². The summed E-state index contributed by atoms with van der Waals surface area (Å²) in [5.41, 5.74) is 0. The zero-order valence-electron chi connectivity index (χ0n) is 11.4. The first kappa shape index (κ1) is 13.6. The van der Waals surface area contributed by atoms with Crippen LogP contribution in [0.4, 0.5) is 0 Å². The summed E-state index contributed by atoms with van der Waals surface area (Å²) >= 11 is 0. The second-order valence-corrected chi connectivity index (χ2v) is 7.03. The molecule has 5 unspecified atom stereocenters. The normalized spacial score (nSPS) is 47.7. The molecule has 3 heteroatoms. The van der Waals surface area contributed by atoms with Crippen LogP contribution >= 0.6 is 0 Å². The highest BCUT2D eigenvalue weighted by Gasteiger charge is 2.48. The number of fused-ring (bicyclic) bond motifs is 6. The summed E-state index contributed by atoms with van der Waals surface area (Å²) < 4.78 is 0. The lowest BCUT2D eigenvalue weighted by Crippen LogP contribution is -3.19. The highest BCUT2D eigenvalue weighted by atomic mass is 127. The van der Waals surface area contributed by atoms with E-state index in [1.807, 2.05) is 4.90 Å². The summed E-state index contributed by atoms with van der Waals surface area (Å²) in [6.45, 7) is 5.88. The van der Waals surface area contributed by atoms with Crippen LogP contribution in [0.15, 0.2) is 0 Å². The van der Waals surface area contributed by atoms with Crippen LogP contribution in [0.3, 0.4) is 0 Å². The minimum absolute atomic E-state index is 0. The average Bonchev–Trinajstić information content (AvgIpc) is 2.39. The van der Waals surface area contributed by atoms with Gasteiger partial charge in [0.25, 0.3) is 0 Å². The number of piperidine rings is 4. The number of nitrogens with zero attached hydrogens (tertiary/aromatic N) is 1. The Kier molecular flexibility index (Phi) is 4.21. The molecule has 0 aliphatic carbocycles. The van der Waals surface area contributed by atoms with Crippen molar-refractivity contribution in [3.8, 4) is 0 Å². The number of nitrogens with one attached hydrogen (secondary N) is 1. The lowest BCUT2D eigenvalue weighted by molar-refractivity contribution is -0.945. The summed E-state index contributed by atoms with van der Waals surface area (Å²) in [5.74, 6) is 2.11. The van der Waals surface area contributed by atoms with Gasteiger partial charge in [-0.2, -0.15) is 0 Å². The summed E-state index contributed by atoms with van der Waals surface area (Å²) in [4.78, 5) is 4.89. The summed E-state index contributed by atoms with van der Waals surface area (Å²) in [7, 11) is 0. The molecule has 4 rings (SSSR count). The van der Waals surface area contributed by atoms with Gasteiger partial charge in [-0.1, -0.05) is 6.42 Å². The molecule has 0 aromatic heterocycles. The molecule has 104 valence electrons. The summed E-state index contributed by atoms with van der Waals surface area (Å²) in [6, 6.07) is 2.03. The van der Waals surface area contributed by atoms with E-state index in [2.05, 4.69) is 4.90 Å². The molecule has 4 heterocycles. The van der Waals surface area contributed by atoms with Crippen LogP contribution in [-0.2, 0) is 0 Å². The van der Waals surface area contributed by atoms with E-state index in [0.29, 0.717) is 0 Å². The van der Waals surface area contributed by atoms with E-state index in [4.69, 9.17) is 0 Å². The van der Waals surface area contributed by atoms with Crippen molar-refractivity contribution in [2.45, 2.75) is 57.0 Å². The molecule has 0 saturated carbocycles. The Morgan fingerprint density at radius 3 is 2.78 bits per heavy atom. The minimum Gasteiger partial charge on any atom is -1.00 e. The zero-order chi connectivity index (χ0) is 11.2. The third-order valence-electron chi connectivity index (χ3n) is 6.16. The third kappa shape index (κ3) is 2.24. The topological polar surface area (TPSA) is 7.68 Å². The van der Waals surface area contributed by atoms with Gasteiger partial charge in [-0.15, -0.1) is 0 Å². The molecule has 0 aromatic rings. The third-order valence-corrected chi connectivity index (χ3v) is 6.16. The molecule has 4 aliphatic rings. The van der Waals surface area contributed by atoms with E-state index in [1.54, 1.807) is 6.42 Å². The maximum Gasteiger partial charge on any atom is 0.0915 e. The van der Waals surface area contributed by atoms with Gasteiger partial charge in [-0.3, -0.25) is 4.90 Å². The Labute approximate surface area is 128 Å². The highest BCUT2D eigenvalue weighted by molar-refractivity contribution is 4.94. The van der Waals surface area contributed by atoms with Gasteiger partial charge in [0.15, 0.2) is 0 Å². The number of hydrogen-bond acceptors (Lipinski definition) is 1. The number of quaternary nitrogens is 1. The molecule has 0 radical (unpaired) electrons. The molecule has 0 aromatic carbocycles. The molecule has 1 N–H and O–H groups in total. The van der Waals surface area contributed by atoms with Gasteiger partial charge in [0.2, 0.25) is 0 Å². The molecule has 4 fully saturated rings. The van der Waals surface area contributed by atoms with Crippen LogP contribution < -0.4 is 28.9 Å². The molecule has 5 atom stereocenters. The van der Waals surface area contributed by atoms with E-state index in [9.17, 15) is 0 Å². The van der Waals surface area contributed by atoms with Crippen LogP contribution in [0.2, 0.25) is 0 Å².